The molecule has 2 unspecified atom stereocenters. The Hall–Kier alpha value is -3.82. The molecule has 12 heteroatoms. The molecule has 1 N–H and O–H groups in total. The molecule has 2 aliphatic carbocycles. The molecule has 0 spiro atoms. The number of anilines is 1. The Morgan fingerprint density at radius 1 is 1.16 bits per heavy atom. The number of carbonyl (C=O) groups excluding carboxylic acids is 1. The molecule has 0 radical (unpaired) electrons. The van der Waals surface area contributed by atoms with E-state index in [4.69, 9.17) is 4.52 Å². The lowest BCUT2D eigenvalue weighted by atomic mass is 9.79. The molecule has 3 atom stereocenters. The van der Waals surface area contributed by atoms with E-state index in [1.165, 1.54) is 15.9 Å². The number of carbonyl (C=O) groups is 1. The summed E-state index contributed by atoms with van der Waals surface area (Å²) in [5, 5.41) is 16.0. The largest absolute Gasteiger partial charge is 0.360 e. The number of piperidine rings is 1. The number of urea groups is 1. The Kier molecular flexibility index (Phi) is 7.96. The molecule has 1 aromatic heterocycles. The summed E-state index contributed by atoms with van der Waals surface area (Å²) in [6, 6.07) is 12.8. The van der Waals surface area contributed by atoms with Gasteiger partial charge in [-0.25, -0.2) is 22.0 Å². The highest BCUT2D eigenvalue weighted by molar-refractivity contribution is 7.89. The van der Waals surface area contributed by atoms with E-state index >= 15 is 0 Å². The summed E-state index contributed by atoms with van der Waals surface area (Å²) in [5.41, 5.74) is 2.33. The molecule has 6 rings (SSSR count). The second-order valence-corrected chi connectivity index (χ2v) is 14.3. The Bertz CT molecular complexity index is 1710. The van der Waals surface area contributed by atoms with Crippen LogP contribution in [0.2, 0.25) is 0 Å². The number of hydrogen-bond donors (Lipinski definition) is 1. The van der Waals surface area contributed by atoms with Crippen molar-refractivity contribution in [1.82, 2.24) is 14.4 Å². The average molecular weight is 624 g/mol. The van der Waals surface area contributed by atoms with Crippen LogP contribution < -0.4 is 5.32 Å². The van der Waals surface area contributed by atoms with Gasteiger partial charge in [0.2, 0.25) is 10.0 Å². The predicted molar refractivity (Wildman–Crippen MR) is 158 cm³/mol. The molecule has 2 heterocycles. The smallest absolute Gasteiger partial charge is 0.322 e. The van der Waals surface area contributed by atoms with Gasteiger partial charge in [0.05, 0.1) is 11.6 Å². The molecule has 232 valence electrons. The lowest BCUT2D eigenvalue weighted by Crippen LogP contribution is -2.49. The van der Waals surface area contributed by atoms with E-state index in [1.54, 1.807) is 19.9 Å². The second kappa shape index (κ2) is 11.6. The van der Waals surface area contributed by atoms with Crippen molar-refractivity contribution in [2.24, 2.45) is 11.8 Å². The van der Waals surface area contributed by atoms with Crippen molar-refractivity contribution in [1.29, 1.82) is 5.26 Å². The van der Waals surface area contributed by atoms with Crippen LogP contribution in [0.4, 0.5) is 19.3 Å². The number of fused-ring (bicyclic) bond motifs is 1. The Morgan fingerprint density at radius 2 is 1.93 bits per heavy atom. The van der Waals surface area contributed by atoms with Crippen LogP contribution >= 0.6 is 0 Å². The van der Waals surface area contributed by atoms with Crippen LogP contribution in [0.1, 0.15) is 61.1 Å². The first-order chi connectivity index (χ1) is 21.0. The lowest BCUT2D eigenvalue weighted by molar-refractivity contribution is 0.132. The van der Waals surface area contributed by atoms with E-state index in [1.807, 2.05) is 17.0 Å². The van der Waals surface area contributed by atoms with Gasteiger partial charge in [0.15, 0.2) is 17.4 Å². The maximum atomic E-state index is 13.9. The standard InChI is InChI=1S/C32H35F2N5O4S/c1-20-30(21(2)43-37-20)44(41,42)38-12-9-22(10-13-38)19-39(31(40)36-26-6-7-28(33)29(34)16-26)27-8-11-32(17-25(32)15-27)24-5-3-4-23(14-24)18-35/h3-7,14,16,22,25,27H,8-13,15,17,19H2,1-2H3,(H,36,40)/t25?,27?,32-/m0/s1. The summed E-state index contributed by atoms with van der Waals surface area (Å²) in [5.74, 6) is -1.34. The molecule has 2 saturated carbocycles. The van der Waals surface area contributed by atoms with Crippen molar-refractivity contribution in [2.75, 3.05) is 25.0 Å². The molecule has 9 nitrogen and oxygen atoms in total. The summed E-state index contributed by atoms with van der Waals surface area (Å²) >= 11 is 0. The van der Waals surface area contributed by atoms with Gasteiger partial charge in [-0.15, -0.1) is 0 Å². The molecule has 1 saturated heterocycles. The van der Waals surface area contributed by atoms with Gasteiger partial charge in [0.25, 0.3) is 0 Å². The van der Waals surface area contributed by atoms with Crippen LogP contribution in [0.25, 0.3) is 0 Å². The molecule has 3 fully saturated rings. The minimum atomic E-state index is -3.76. The van der Waals surface area contributed by atoms with Crippen molar-refractivity contribution >= 4 is 21.7 Å². The number of hydrogen-bond acceptors (Lipinski definition) is 6. The summed E-state index contributed by atoms with van der Waals surface area (Å²) < 4.78 is 60.7. The average Bonchev–Trinajstić information content (AvgIpc) is 3.66. The van der Waals surface area contributed by atoms with E-state index in [0.29, 0.717) is 49.7 Å². The molecule has 0 bridgehead atoms. The number of nitrogens with zero attached hydrogens (tertiary/aromatic N) is 4. The van der Waals surface area contributed by atoms with Crippen LogP contribution in [0.3, 0.4) is 0 Å². The molecular formula is C32H35F2N5O4S. The first kappa shape index (κ1) is 30.2. The zero-order chi connectivity index (χ0) is 31.2. The van der Waals surface area contributed by atoms with Crippen molar-refractivity contribution in [2.45, 2.75) is 68.7 Å². The van der Waals surface area contributed by atoms with Gasteiger partial charge < -0.3 is 14.7 Å². The summed E-state index contributed by atoms with van der Waals surface area (Å²) in [4.78, 5) is 15.7. The van der Waals surface area contributed by atoms with E-state index in [-0.39, 0.29) is 39.7 Å². The van der Waals surface area contributed by atoms with Crippen molar-refractivity contribution in [3.8, 4) is 6.07 Å². The number of rotatable bonds is 7. The van der Waals surface area contributed by atoms with Crippen LogP contribution in [0.15, 0.2) is 51.9 Å². The monoisotopic (exact) mass is 623 g/mol. The third-order valence-electron chi connectivity index (χ3n) is 9.75. The van der Waals surface area contributed by atoms with E-state index in [0.717, 1.165) is 37.8 Å². The number of aromatic nitrogens is 1. The van der Waals surface area contributed by atoms with E-state index < -0.39 is 21.7 Å². The molecule has 3 aliphatic rings. The first-order valence-corrected chi connectivity index (χ1v) is 16.4. The minimum absolute atomic E-state index is 0.0174. The molecule has 44 heavy (non-hydrogen) atoms. The summed E-state index contributed by atoms with van der Waals surface area (Å²) in [6.45, 7) is 4.23. The fourth-order valence-electron chi connectivity index (χ4n) is 7.30. The molecule has 2 amide bonds. The van der Waals surface area contributed by atoms with E-state index in [9.17, 15) is 27.3 Å². The quantitative estimate of drug-likeness (QED) is 0.351. The molecule has 1 aliphatic heterocycles. The number of nitrogens with one attached hydrogen (secondary N) is 1. The van der Waals surface area contributed by atoms with Gasteiger partial charge in [0.1, 0.15) is 10.6 Å². The fourth-order valence-corrected chi connectivity index (χ4v) is 9.06. The normalized spacial score (nSPS) is 23.9. The zero-order valence-corrected chi connectivity index (χ0v) is 25.5. The number of nitriles is 1. The Labute approximate surface area is 255 Å². The van der Waals surface area contributed by atoms with Gasteiger partial charge in [-0.2, -0.15) is 9.57 Å². The molecular weight excluding hydrogens is 588 g/mol. The third-order valence-corrected chi connectivity index (χ3v) is 11.9. The number of amides is 2. The van der Waals surface area contributed by atoms with Crippen LogP contribution in [-0.4, -0.2) is 54.5 Å². The Balaban J connectivity index is 1.17. The van der Waals surface area contributed by atoms with Crippen molar-refractivity contribution < 1.29 is 26.5 Å². The zero-order valence-electron chi connectivity index (χ0n) is 24.7. The van der Waals surface area contributed by atoms with Gasteiger partial charge in [-0.05, 0) is 99.5 Å². The van der Waals surface area contributed by atoms with Crippen molar-refractivity contribution in [3.05, 3.63) is 76.7 Å². The third kappa shape index (κ3) is 5.59. The highest BCUT2D eigenvalue weighted by Crippen LogP contribution is 2.63. The van der Waals surface area contributed by atoms with Gasteiger partial charge in [-0.3, -0.25) is 0 Å². The SMILES string of the molecule is Cc1noc(C)c1S(=O)(=O)N1CCC(CN(C(=O)Nc2ccc(F)c(F)c2)C2CC[C@@]3(c4cccc(C#N)c4)CC3C2)CC1. The summed E-state index contributed by atoms with van der Waals surface area (Å²) in [7, 11) is -3.76. The maximum absolute atomic E-state index is 13.9. The number of halogens is 2. The molecule has 2 aromatic carbocycles. The van der Waals surface area contributed by atoms with Crippen LogP contribution in [-0.2, 0) is 15.4 Å². The predicted octanol–water partition coefficient (Wildman–Crippen LogP) is 5.89. The lowest BCUT2D eigenvalue weighted by Gasteiger charge is -2.40. The highest BCUT2D eigenvalue weighted by Gasteiger charge is 2.58. The van der Waals surface area contributed by atoms with Gasteiger partial charge >= 0.3 is 6.03 Å². The van der Waals surface area contributed by atoms with Gasteiger partial charge in [-0.1, -0.05) is 17.3 Å². The van der Waals surface area contributed by atoms with E-state index in [2.05, 4.69) is 22.6 Å². The van der Waals surface area contributed by atoms with Crippen LogP contribution in [0, 0.1) is 48.6 Å². The van der Waals surface area contributed by atoms with Crippen molar-refractivity contribution in [3.63, 3.8) is 0 Å². The highest BCUT2D eigenvalue weighted by atomic mass is 32.2. The maximum Gasteiger partial charge on any atom is 0.322 e. The topological polar surface area (TPSA) is 120 Å². The fraction of sp³-hybridized carbons (Fsp3) is 0.469. The summed E-state index contributed by atoms with van der Waals surface area (Å²) in [6.07, 6.45) is 4.56. The minimum Gasteiger partial charge on any atom is -0.360 e. The Morgan fingerprint density at radius 3 is 2.59 bits per heavy atom. The first-order valence-electron chi connectivity index (χ1n) is 15.0. The second-order valence-electron chi connectivity index (χ2n) is 12.4. The van der Waals surface area contributed by atoms with Crippen LogP contribution in [0.5, 0.6) is 0 Å². The molecule has 3 aromatic rings. The number of benzene rings is 2. The van der Waals surface area contributed by atoms with Gasteiger partial charge in [0, 0.05) is 37.4 Å². The number of aryl methyl sites for hydroxylation is 2. The number of sulfonamides is 1.